The second kappa shape index (κ2) is 19.9. The van der Waals surface area contributed by atoms with Gasteiger partial charge in [0.15, 0.2) is 5.13 Å². The number of rotatable bonds is 20. The van der Waals surface area contributed by atoms with Crippen molar-refractivity contribution < 1.29 is 38.2 Å². The minimum Gasteiger partial charge on any atom is -0.379 e. The van der Waals surface area contributed by atoms with Crippen LogP contribution in [0.25, 0.3) is 0 Å². The Bertz CT molecular complexity index is 1840. The zero-order chi connectivity index (χ0) is 39.3. The lowest BCUT2D eigenvalue weighted by Crippen LogP contribution is -2.52. The van der Waals surface area contributed by atoms with Gasteiger partial charge < -0.3 is 40.8 Å². The fraction of sp³-hybridized carbons (Fsp3) is 0.513. The van der Waals surface area contributed by atoms with Crippen LogP contribution in [0.5, 0.6) is 0 Å². The van der Waals surface area contributed by atoms with Gasteiger partial charge in [-0.2, -0.15) is 0 Å². The Balaban J connectivity index is 0.807. The van der Waals surface area contributed by atoms with Crippen molar-refractivity contribution in [1.29, 1.82) is 0 Å². The van der Waals surface area contributed by atoms with Crippen molar-refractivity contribution in [3.8, 4) is 0 Å². The van der Waals surface area contributed by atoms with Crippen molar-refractivity contribution in [2.75, 3.05) is 56.8 Å². The van der Waals surface area contributed by atoms with Gasteiger partial charge in [0.05, 0.1) is 57.5 Å². The SMILES string of the molecule is NC(COCCOCCNC(=O)C1(Cc2cccc(Nc3nccs3)n2)CCCCC1)COCCC(=O)Nc1ccc2c(c1)CN(C1CCC(=O)NC1=O)C2=O. The van der Waals surface area contributed by atoms with Gasteiger partial charge >= 0.3 is 0 Å². The second-order valence-electron chi connectivity index (χ2n) is 14.3. The molecule has 6 N–H and O–H groups in total. The van der Waals surface area contributed by atoms with E-state index in [2.05, 4.69) is 26.3 Å². The molecule has 1 aromatic carbocycles. The van der Waals surface area contributed by atoms with Crippen LogP contribution < -0.4 is 27.0 Å². The van der Waals surface area contributed by atoms with E-state index in [1.54, 1.807) is 24.4 Å². The minimum absolute atomic E-state index is 0.0431. The molecule has 0 bridgehead atoms. The number of carbonyl (C=O) groups excluding carboxylic acids is 5. The third-order valence-corrected chi connectivity index (χ3v) is 10.8. The number of anilines is 3. The molecule has 17 heteroatoms. The van der Waals surface area contributed by atoms with E-state index in [-0.39, 0.29) is 75.3 Å². The molecule has 1 saturated heterocycles. The summed E-state index contributed by atoms with van der Waals surface area (Å²) in [5.41, 5.74) is 8.20. The first-order valence-electron chi connectivity index (χ1n) is 19.2. The molecular weight excluding hydrogens is 741 g/mol. The van der Waals surface area contributed by atoms with Crippen LogP contribution in [0.4, 0.5) is 16.6 Å². The number of nitrogens with one attached hydrogen (secondary N) is 4. The van der Waals surface area contributed by atoms with E-state index >= 15 is 0 Å². The van der Waals surface area contributed by atoms with Crippen LogP contribution in [0, 0.1) is 5.41 Å². The molecule has 2 unspecified atom stereocenters. The number of ether oxygens (including phenoxy) is 3. The molecule has 16 nitrogen and oxygen atoms in total. The zero-order valence-electron chi connectivity index (χ0n) is 31.4. The van der Waals surface area contributed by atoms with Gasteiger partial charge in [0.25, 0.3) is 5.91 Å². The van der Waals surface area contributed by atoms with Crippen LogP contribution in [0.15, 0.2) is 48.0 Å². The quantitative estimate of drug-likeness (QED) is 0.0825. The molecule has 6 rings (SSSR count). The molecule has 2 aliphatic heterocycles. The van der Waals surface area contributed by atoms with Gasteiger partial charge in [-0.25, -0.2) is 9.97 Å². The summed E-state index contributed by atoms with van der Waals surface area (Å²) in [7, 11) is 0. The molecule has 4 heterocycles. The zero-order valence-corrected chi connectivity index (χ0v) is 32.2. The Morgan fingerprint density at radius 3 is 2.61 bits per heavy atom. The number of piperidine rings is 1. The molecule has 0 spiro atoms. The Morgan fingerprint density at radius 1 is 1.02 bits per heavy atom. The maximum Gasteiger partial charge on any atom is 0.255 e. The molecule has 300 valence electrons. The van der Waals surface area contributed by atoms with Crippen molar-refractivity contribution in [2.45, 2.75) is 76.4 Å². The van der Waals surface area contributed by atoms with Gasteiger partial charge in [0.2, 0.25) is 23.6 Å². The molecule has 0 radical (unpaired) electrons. The summed E-state index contributed by atoms with van der Waals surface area (Å²) in [6, 6.07) is 9.75. The lowest BCUT2D eigenvalue weighted by molar-refractivity contribution is -0.137. The molecule has 2 aromatic heterocycles. The van der Waals surface area contributed by atoms with Crippen LogP contribution in [-0.2, 0) is 46.4 Å². The van der Waals surface area contributed by atoms with Crippen LogP contribution in [0.1, 0.15) is 73.0 Å². The highest BCUT2D eigenvalue weighted by Gasteiger charge is 2.40. The van der Waals surface area contributed by atoms with Gasteiger partial charge in [0, 0.05) is 54.5 Å². The van der Waals surface area contributed by atoms with E-state index in [0.29, 0.717) is 55.4 Å². The summed E-state index contributed by atoms with van der Waals surface area (Å²) >= 11 is 1.51. The van der Waals surface area contributed by atoms with Gasteiger partial charge in [-0.15, -0.1) is 11.3 Å². The predicted molar refractivity (Wildman–Crippen MR) is 208 cm³/mol. The number of imide groups is 1. The molecule has 3 aromatic rings. The maximum atomic E-state index is 13.5. The first kappa shape index (κ1) is 40.8. The topological polar surface area (TPSA) is 216 Å². The minimum atomic E-state index is -0.698. The number of fused-ring (bicyclic) bond motifs is 1. The highest BCUT2D eigenvalue weighted by Crippen LogP contribution is 2.39. The third-order valence-electron chi connectivity index (χ3n) is 10.1. The van der Waals surface area contributed by atoms with Crippen molar-refractivity contribution >= 4 is 57.5 Å². The predicted octanol–water partition coefficient (Wildman–Crippen LogP) is 3.06. The monoisotopic (exact) mass is 790 g/mol. The van der Waals surface area contributed by atoms with Crippen molar-refractivity contribution in [3.05, 3.63) is 64.8 Å². The van der Waals surface area contributed by atoms with Crippen molar-refractivity contribution in [1.82, 2.24) is 25.5 Å². The number of hydrogen-bond acceptors (Lipinski definition) is 13. The summed E-state index contributed by atoms with van der Waals surface area (Å²) in [6.07, 6.45) is 7.69. The Hall–Kier alpha value is -4.81. The van der Waals surface area contributed by atoms with Gasteiger partial charge in [0.1, 0.15) is 11.9 Å². The number of aromatic nitrogens is 2. The van der Waals surface area contributed by atoms with Crippen molar-refractivity contribution in [2.24, 2.45) is 11.1 Å². The normalized spacial score (nSPS) is 18.3. The molecule has 56 heavy (non-hydrogen) atoms. The Kier molecular flexibility index (Phi) is 14.5. The van der Waals surface area contributed by atoms with E-state index < -0.39 is 17.4 Å². The summed E-state index contributed by atoms with van der Waals surface area (Å²) in [6.45, 7) is 2.30. The summed E-state index contributed by atoms with van der Waals surface area (Å²) < 4.78 is 16.9. The Morgan fingerprint density at radius 2 is 1.82 bits per heavy atom. The number of benzene rings is 1. The van der Waals surface area contributed by atoms with E-state index in [1.807, 2.05) is 23.6 Å². The third kappa shape index (κ3) is 11.2. The fourth-order valence-electron chi connectivity index (χ4n) is 7.30. The summed E-state index contributed by atoms with van der Waals surface area (Å²) in [5.74, 6) is -0.581. The highest BCUT2D eigenvalue weighted by atomic mass is 32.1. The number of nitrogens with zero attached hydrogens (tertiary/aromatic N) is 3. The standard InChI is InChI=1S/C39H50N8O8S/c40-27(24-54-16-11-34(49)44-28-7-8-30-26(21-28)23-47(36(30)51)31-9-10-33(48)46-35(31)50)25-55-19-18-53-17-14-41-37(52)39(12-2-1-3-13-39)22-29-5-4-6-32(43-29)45-38-42-15-20-56-38/h4-8,15,20-21,27,31H,1-3,9-14,16-19,22-25,40H2,(H,41,52)(H,44,49)(H,42,43,45)(H,46,48,50). The van der Waals surface area contributed by atoms with Crippen LogP contribution in [-0.4, -0.2) is 103 Å². The largest absolute Gasteiger partial charge is 0.379 e. The molecule has 2 atom stereocenters. The highest BCUT2D eigenvalue weighted by molar-refractivity contribution is 7.13. The average molecular weight is 791 g/mol. The first-order valence-corrected chi connectivity index (χ1v) is 20.0. The average Bonchev–Trinajstić information content (AvgIpc) is 3.82. The van der Waals surface area contributed by atoms with E-state index in [9.17, 15) is 24.0 Å². The summed E-state index contributed by atoms with van der Waals surface area (Å²) in [5, 5.41) is 14.1. The molecule has 1 aliphatic carbocycles. The van der Waals surface area contributed by atoms with Crippen LogP contribution in [0.3, 0.4) is 0 Å². The molecule has 3 aliphatic rings. The molecule has 5 amide bonds. The van der Waals surface area contributed by atoms with Crippen LogP contribution >= 0.6 is 11.3 Å². The smallest absolute Gasteiger partial charge is 0.255 e. The maximum absolute atomic E-state index is 13.5. The summed E-state index contributed by atoms with van der Waals surface area (Å²) in [4.78, 5) is 73.2. The lowest BCUT2D eigenvalue weighted by atomic mass is 9.70. The second-order valence-corrected chi connectivity index (χ2v) is 15.2. The number of thiazole rings is 1. The van der Waals surface area contributed by atoms with Gasteiger partial charge in [-0.3, -0.25) is 29.3 Å². The van der Waals surface area contributed by atoms with Crippen LogP contribution in [0.2, 0.25) is 0 Å². The van der Waals surface area contributed by atoms with Crippen molar-refractivity contribution in [3.63, 3.8) is 0 Å². The number of carbonyl (C=O) groups is 5. The Labute approximate surface area is 329 Å². The van der Waals surface area contributed by atoms with E-state index in [4.69, 9.17) is 24.9 Å². The molecule has 2 fully saturated rings. The molecule has 1 saturated carbocycles. The first-order chi connectivity index (χ1) is 27.2. The fourth-order valence-corrected chi connectivity index (χ4v) is 7.84. The van der Waals surface area contributed by atoms with E-state index in [1.165, 1.54) is 16.2 Å². The van der Waals surface area contributed by atoms with Gasteiger partial charge in [-0.1, -0.05) is 25.3 Å². The number of pyridine rings is 1. The van der Waals surface area contributed by atoms with E-state index in [0.717, 1.165) is 42.9 Å². The number of amides is 5. The lowest BCUT2D eigenvalue weighted by Gasteiger charge is -2.35. The number of hydrogen-bond donors (Lipinski definition) is 5. The number of nitrogens with two attached hydrogens (primary N) is 1. The molecular formula is C39H50N8O8S. The van der Waals surface area contributed by atoms with Gasteiger partial charge in [-0.05, 0) is 55.2 Å².